The first-order valence-electron chi connectivity index (χ1n) is 8.25. The van der Waals surface area contributed by atoms with Crippen molar-refractivity contribution in [2.75, 3.05) is 13.2 Å². The van der Waals surface area contributed by atoms with Gasteiger partial charge in [0, 0.05) is 12.7 Å². The van der Waals surface area contributed by atoms with Crippen LogP contribution in [0.5, 0.6) is 5.75 Å². The molecule has 0 saturated carbocycles. The van der Waals surface area contributed by atoms with Gasteiger partial charge in [0.1, 0.15) is 17.7 Å². The van der Waals surface area contributed by atoms with Gasteiger partial charge in [-0.3, -0.25) is 4.99 Å². The highest BCUT2D eigenvalue weighted by atomic mass is 35.5. The lowest BCUT2D eigenvalue weighted by Gasteiger charge is -2.07. The molecule has 0 saturated heterocycles. The van der Waals surface area contributed by atoms with Crippen LogP contribution >= 0.6 is 11.6 Å². The number of nitrogens with zero attached hydrogens (tertiary/aromatic N) is 3. The lowest BCUT2D eigenvalue weighted by molar-refractivity contribution is 0.305. The molecule has 1 heterocycles. The first-order valence-corrected chi connectivity index (χ1v) is 8.63. The number of nitrogens with two attached hydrogens (primary N) is 1. The van der Waals surface area contributed by atoms with Crippen LogP contribution in [0.3, 0.4) is 0 Å². The Morgan fingerprint density at radius 1 is 1.16 bits per heavy atom. The molecule has 0 spiro atoms. The van der Waals surface area contributed by atoms with E-state index in [0.29, 0.717) is 35.3 Å². The number of halogens is 1. The Labute approximate surface area is 153 Å². The van der Waals surface area contributed by atoms with Gasteiger partial charge in [-0.25, -0.2) is 4.98 Å². The predicted molar refractivity (Wildman–Crippen MR) is 100.0 cm³/mol. The SMILES string of the molecule is N#Cc1ncccc1C(N)=NCCCCCCOc1ccccc1Cl. The van der Waals surface area contributed by atoms with Gasteiger partial charge in [0.2, 0.25) is 0 Å². The van der Waals surface area contributed by atoms with E-state index in [2.05, 4.69) is 9.98 Å². The van der Waals surface area contributed by atoms with Crippen LogP contribution in [0.4, 0.5) is 0 Å². The molecule has 1 aromatic heterocycles. The van der Waals surface area contributed by atoms with Crippen molar-refractivity contribution in [3.63, 3.8) is 0 Å². The van der Waals surface area contributed by atoms with Gasteiger partial charge in [0.15, 0.2) is 5.69 Å². The molecule has 2 rings (SSSR count). The van der Waals surface area contributed by atoms with Crippen molar-refractivity contribution in [2.24, 2.45) is 10.7 Å². The molecule has 2 N–H and O–H groups in total. The van der Waals surface area contributed by atoms with Crippen LogP contribution in [0.2, 0.25) is 5.02 Å². The average molecular weight is 357 g/mol. The number of nitriles is 1. The van der Waals surface area contributed by atoms with Crippen molar-refractivity contribution < 1.29 is 4.74 Å². The molecule has 2 aromatic rings. The van der Waals surface area contributed by atoms with E-state index in [9.17, 15) is 0 Å². The van der Waals surface area contributed by atoms with Crippen molar-refractivity contribution >= 4 is 17.4 Å². The summed E-state index contributed by atoms with van der Waals surface area (Å²) in [6.07, 6.45) is 5.57. The Morgan fingerprint density at radius 2 is 1.96 bits per heavy atom. The molecule has 0 radical (unpaired) electrons. The van der Waals surface area contributed by atoms with Crippen LogP contribution in [-0.4, -0.2) is 24.0 Å². The van der Waals surface area contributed by atoms with E-state index >= 15 is 0 Å². The van der Waals surface area contributed by atoms with Crippen molar-refractivity contribution in [3.8, 4) is 11.8 Å². The molecule has 0 aliphatic carbocycles. The molecule has 130 valence electrons. The summed E-state index contributed by atoms with van der Waals surface area (Å²) < 4.78 is 5.65. The number of unbranched alkanes of at least 4 members (excludes halogenated alkanes) is 3. The minimum atomic E-state index is 0.306. The van der Waals surface area contributed by atoms with Crippen LogP contribution < -0.4 is 10.5 Å². The fourth-order valence-corrected chi connectivity index (χ4v) is 2.49. The van der Waals surface area contributed by atoms with Gasteiger partial charge < -0.3 is 10.5 Å². The zero-order chi connectivity index (χ0) is 17.9. The Hall–Kier alpha value is -2.58. The highest BCUT2D eigenvalue weighted by Gasteiger charge is 2.05. The van der Waals surface area contributed by atoms with E-state index in [1.165, 1.54) is 0 Å². The minimum absolute atomic E-state index is 0.306. The van der Waals surface area contributed by atoms with Crippen molar-refractivity contribution in [3.05, 3.63) is 58.9 Å². The summed E-state index contributed by atoms with van der Waals surface area (Å²) in [5, 5.41) is 9.65. The van der Waals surface area contributed by atoms with E-state index in [4.69, 9.17) is 27.3 Å². The fourth-order valence-electron chi connectivity index (χ4n) is 2.30. The second kappa shape index (κ2) is 10.3. The van der Waals surface area contributed by atoms with Crippen molar-refractivity contribution in [2.45, 2.75) is 25.7 Å². The monoisotopic (exact) mass is 356 g/mol. The van der Waals surface area contributed by atoms with Gasteiger partial charge >= 0.3 is 0 Å². The van der Waals surface area contributed by atoms with Crippen LogP contribution in [0, 0.1) is 11.3 Å². The van der Waals surface area contributed by atoms with Crippen molar-refractivity contribution in [1.29, 1.82) is 5.26 Å². The number of rotatable bonds is 9. The third-order valence-corrected chi connectivity index (χ3v) is 3.93. The molecule has 0 unspecified atom stereocenters. The molecule has 0 fully saturated rings. The Balaban J connectivity index is 1.63. The fraction of sp³-hybridized carbons (Fsp3) is 0.316. The highest BCUT2D eigenvalue weighted by molar-refractivity contribution is 6.32. The molecule has 1 aromatic carbocycles. The number of hydrogen-bond acceptors (Lipinski definition) is 4. The second-order valence-electron chi connectivity index (χ2n) is 5.47. The predicted octanol–water partition coefficient (Wildman–Crippen LogP) is 3.95. The third-order valence-electron chi connectivity index (χ3n) is 3.62. The lowest BCUT2D eigenvalue weighted by atomic mass is 10.2. The van der Waals surface area contributed by atoms with E-state index in [1.807, 2.05) is 30.3 Å². The first kappa shape index (κ1) is 18.8. The molecule has 0 atom stereocenters. The Bertz CT molecular complexity index is 755. The number of amidine groups is 1. The standard InChI is InChI=1S/C19H21ClN4O/c20-16-9-3-4-10-18(16)25-13-6-2-1-5-11-24-19(22)15-8-7-12-23-17(15)14-21/h3-4,7-10,12H,1-2,5-6,11,13H2,(H2,22,24). The molecular formula is C19H21ClN4O. The number of aliphatic imine (C=N–C) groups is 1. The van der Waals surface area contributed by atoms with Gasteiger partial charge in [-0.2, -0.15) is 5.26 Å². The summed E-state index contributed by atoms with van der Waals surface area (Å²) in [5.74, 6) is 1.10. The van der Waals surface area contributed by atoms with E-state index in [0.717, 1.165) is 31.4 Å². The quantitative estimate of drug-likeness (QED) is 0.419. The van der Waals surface area contributed by atoms with Crippen molar-refractivity contribution in [1.82, 2.24) is 4.98 Å². The number of para-hydroxylation sites is 1. The zero-order valence-corrected chi connectivity index (χ0v) is 14.7. The summed E-state index contributed by atoms with van der Waals surface area (Å²) in [5.41, 5.74) is 6.84. The van der Waals surface area contributed by atoms with Crippen LogP contribution in [-0.2, 0) is 0 Å². The lowest BCUT2D eigenvalue weighted by Crippen LogP contribution is -2.16. The maximum atomic E-state index is 9.02. The molecule has 0 aliphatic heterocycles. The molecular weight excluding hydrogens is 336 g/mol. The molecule has 0 amide bonds. The van der Waals surface area contributed by atoms with Gasteiger partial charge in [-0.1, -0.05) is 30.2 Å². The normalized spacial score (nSPS) is 11.1. The smallest absolute Gasteiger partial charge is 0.151 e. The van der Waals surface area contributed by atoms with Crippen LogP contribution in [0.15, 0.2) is 47.6 Å². The van der Waals surface area contributed by atoms with E-state index < -0.39 is 0 Å². The molecule has 0 bridgehead atoms. The highest BCUT2D eigenvalue weighted by Crippen LogP contribution is 2.23. The Kier molecular flexibility index (Phi) is 7.74. The number of aromatic nitrogens is 1. The number of hydrogen-bond donors (Lipinski definition) is 1. The largest absolute Gasteiger partial charge is 0.492 e. The second-order valence-corrected chi connectivity index (χ2v) is 5.88. The van der Waals surface area contributed by atoms with Gasteiger partial charge in [-0.15, -0.1) is 0 Å². The first-order chi connectivity index (χ1) is 12.2. The maximum absolute atomic E-state index is 9.02. The maximum Gasteiger partial charge on any atom is 0.151 e. The topological polar surface area (TPSA) is 84.3 Å². The summed E-state index contributed by atoms with van der Waals surface area (Å²) in [7, 11) is 0. The summed E-state index contributed by atoms with van der Waals surface area (Å²) in [6.45, 7) is 1.29. The van der Waals surface area contributed by atoms with E-state index in [1.54, 1.807) is 18.3 Å². The van der Waals surface area contributed by atoms with Gasteiger partial charge in [-0.05, 0) is 43.5 Å². The number of pyridine rings is 1. The summed E-state index contributed by atoms with van der Waals surface area (Å²) in [4.78, 5) is 8.32. The number of benzene rings is 1. The molecule has 25 heavy (non-hydrogen) atoms. The molecule has 6 heteroatoms. The third kappa shape index (κ3) is 6.09. The number of ether oxygens (including phenoxy) is 1. The van der Waals surface area contributed by atoms with Crippen LogP contribution in [0.1, 0.15) is 36.9 Å². The Morgan fingerprint density at radius 3 is 2.76 bits per heavy atom. The average Bonchev–Trinajstić information content (AvgIpc) is 2.65. The zero-order valence-electron chi connectivity index (χ0n) is 14.0. The molecule has 5 nitrogen and oxygen atoms in total. The van der Waals surface area contributed by atoms with E-state index in [-0.39, 0.29) is 0 Å². The molecule has 0 aliphatic rings. The van der Waals surface area contributed by atoms with Crippen LogP contribution in [0.25, 0.3) is 0 Å². The minimum Gasteiger partial charge on any atom is -0.492 e. The summed E-state index contributed by atoms with van der Waals surface area (Å²) >= 11 is 6.03. The summed E-state index contributed by atoms with van der Waals surface area (Å²) in [6, 6.07) is 13.0. The van der Waals surface area contributed by atoms with Gasteiger partial charge in [0.25, 0.3) is 0 Å². The van der Waals surface area contributed by atoms with Gasteiger partial charge in [0.05, 0.1) is 17.2 Å².